The highest BCUT2D eigenvalue weighted by Crippen LogP contribution is 2.12. The fraction of sp³-hybridized carbons (Fsp3) is 0.111. The molecule has 0 atom stereocenters. The van der Waals surface area contributed by atoms with Gasteiger partial charge in [-0.2, -0.15) is 5.10 Å². The van der Waals surface area contributed by atoms with E-state index in [1.165, 1.54) is 6.92 Å². The highest BCUT2D eigenvalue weighted by Gasteiger charge is 1.94. The molecule has 0 aliphatic rings. The summed E-state index contributed by atoms with van der Waals surface area (Å²) in [6.45, 7) is 1.90. The van der Waals surface area contributed by atoms with Crippen LogP contribution in [0.2, 0.25) is 0 Å². The van der Waals surface area contributed by atoms with Gasteiger partial charge < -0.3 is 4.74 Å². The first kappa shape index (κ1) is 15.5. The maximum absolute atomic E-state index is 10.7. The maximum atomic E-state index is 10.7. The number of nitrogens with zero attached hydrogens (tertiary/aromatic N) is 1. The Balaban J connectivity index is 1.86. The Morgan fingerprint density at radius 1 is 1.14 bits per heavy atom. The molecule has 112 valence electrons. The standard InChI is InChI=1S/C18H18N2O2/c1-15(21)20-19-14-17-9-5-11-18(13-17)22-12-6-10-16-7-3-2-4-8-16/h2-11,13-14H,12H2,1H3,(H,20,21)/b10-6+,19-14?. The normalized spacial score (nSPS) is 11.0. The van der Waals surface area contributed by atoms with Crippen molar-refractivity contribution in [1.29, 1.82) is 0 Å². The molecule has 2 rings (SSSR count). The second kappa shape index (κ2) is 8.42. The van der Waals surface area contributed by atoms with Crippen molar-refractivity contribution >= 4 is 18.2 Å². The summed E-state index contributed by atoms with van der Waals surface area (Å²) in [4.78, 5) is 10.7. The van der Waals surface area contributed by atoms with Crippen LogP contribution in [0.1, 0.15) is 18.1 Å². The van der Waals surface area contributed by atoms with Gasteiger partial charge in [-0.05, 0) is 29.3 Å². The Morgan fingerprint density at radius 3 is 2.68 bits per heavy atom. The molecule has 0 aromatic heterocycles. The minimum atomic E-state index is -0.199. The number of ether oxygens (including phenoxy) is 1. The summed E-state index contributed by atoms with van der Waals surface area (Å²) < 4.78 is 5.66. The van der Waals surface area contributed by atoms with Gasteiger partial charge in [0.15, 0.2) is 0 Å². The minimum Gasteiger partial charge on any atom is -0.490 e. The molecule has 0 radical (unpaired) electrons. The van der Waals surface area contributed by atoms with Crippen LogP contribution in [0.4, 0.5) is 0 Å². The molecule has 4 nitrogen and oxygen atoms in total. The predicted molar refractivity (Wildman–Crippen MR) is 88.8 cm³/mol. The van der Waals surface area contributed by atoms with Crippen molar-refractivity contribution < 1.29 is 9.53 Å². The SMILES string of the molecule is CC(=O)NN=Cc1cccc(OC/C=C/c2ccccc2)c1. The minimum absolute atomic E-state index is 0.199. The van der Waals surface area contributed by atoms with Crippen LogP contribution in [0.5, 0.6) is 5.75 Å². The van der Waals surface area contributed by atoms with E-state index in [4.69, 9.17) is 4.74 Å². The zero-order chi connectivity index (χ0) is 15.6. The van der Waals surface area contributed by atoms with Gasteiger partial charge >= 0.3 is 0 Å². The van der Waals surface area contributed by atoms with E-state index in [9.17, 15) is 4.79 Å². The molecule has 2 aromatic rings. The van der Waals surface area contributed by atoms with Gasteiger partial charge in [-0.15, -0.1) is 0 Å². The van der Waals surface area contributed by atoms with E-state index in [1.54, 1.807) is 6.21 Å². The lowest BCUT2D eigenvalue weighted by atomic mass is 10.2. The van der Waals surface area contributed by atoms with Crippen LogP contribution in [0, 0.1) is 0 Å². The van der Waals surface area contributed by atoms with Crippen LogP contribution >= 0.6 is 0 Å². The Bertz CT molecular complexity index is 664. The molecule has 0 fully saturated rings. The lowest BCUT2D eigenvalue weighted by Gasteiger charge is -2.03. The zero-order valence-corrected chi connectivity index (χ0v) is 12.4. The molecule has 0 saturated carbocycles. The molecule has 0 heterocycles. The summed E-state index contributed by atoms with van der Waals surface area (Å²) in [5, 5.41) is 3.82. The van der Waals surface area contributed by atoms with Crippen LogP contribution < -0.4 is 10.2 Å². The van der Waals surface area contributed by atoms with E-state index in [0.29, 0.717) is 6.61 Å². The zero-order valence-electron chi connectivity index (χ0n) is 12.4. The Kier molecular flexibility index (Phi) is 5.93. The van der Waals surface area contributed by atoms with E-state index in [0.717, 1.165) is 16.9 Å². The molecule has 0 saturated heterocycles. The number of hydrogen-bond donors (Lipinski definition) is 1. The first-order valence-corrected chi connectivity index (χ1v) is 6.98. The molecular weight excluding hydrogens is 276 g/mol. The lowest BCUT2D eigenvalue weighted by molar-refractivity contribution is -0.118. The monoisotopic (exact) mass is 294 g/mol. The van der Waals surface area contributed by atoms with Crippen molar-refractivity contribution in [3.05, 3.63) is 71.8 Å². The van der Waals surface area contributed by atoms with Gasteiger partial charge in [0, 0.05) is 6.92 Å². The molecule has 1 N–H and O–H groups in total. The summed E-state index contributed by atoms with van der Waals surface area (Å²) in [7, 11) is 0. The van der Waals surface area contributed by atoms with Crippen molar-refractivity contribution in [2.45, 2.75) is 6.92 Å². The Labute approximate surface area is 130 Å². The van der Waals surface area contributed by atoms with Crippen molar-refractivity contribution in [2.75, 3.05) is 6.61 Å². The molecule has 4 heteroatoms. The number of amides is 1. The van der Waals surface area contributed by atoms with Gasteiger partial charge in [-0.3, -0.25) is 4.79 Å². The average Bonchev–Trinajstić information content (AvgIpc) is 2.53. The van der Waals surface area contributed by atoms with Gasteiger partial charge in [0.25, 0.3) is 0 Å². The molecule has 0 aliphatic heterocycles. The summed E-state index contributed by atoms with van der Waals surface area (Å²) in [5.41, 5.74) is 4.36. The van der Waals surface area contributed by atoms with E-state index >= 15 is 0 Å². The van der Waals surface area contributed by atoms with Gasteiger partial charge in [0.2, 0.25) is 5.91 Å². The van der Waals surface area contributed by atoms with Gasteiger partial charge in [-0.25, -0.2) is 5.43 Å². The Hall–Kier alpha value is -2.88. The third-order valence-corrected chi connectivity index (χ3v) is 2.75. The van der Waals surface area contributed by atoms with Crippen LogP contribution in [-0.4, -0.2) is 18.7 Å². The lowest BCUT2D eigenvalue weighted by Crippen LogP contribution is -2.12. The van der Waals surface area contributed by atoms with Gasteiger partial charge in [-0.1, -0.05) is 48.5 Å². The number of benzene rings is 2. The predicted octanol–water partition coefficient (Wildman–Crippen LogP) is 3.25. The fourth-order valence-electron chi connectivity index (χ4n) is 1.78. The van der Waals surface area contributed by atoms with Crippen molar-refractivity contribution in [2.24, 2.45) is 5.10 Å². The first-order chi connectivity index (χ1) is 10.7. The third kappa shape index (κ3) is 5.63. The molecule has 0 spiro atoms. The number of nitrogens with one attached hydrogen (secondary N) is 1. The van der Waals surface area contributed by atoms with Crippen LogP contribution in [0.25, 0.3) is 6.08 Å². The van der Waals surface area contributed by atoms with Gasteiger partial charge in [0.1, 0.15) is 12.4 Å². The molecule has 2 aromatic carbocycles. The van der Waals surface area contributed by atoms with E-state index in [2.05, 4.69) is 10.5 Å². The topological polar surface area (TPSA) is 50.7 Å². The van der Waals surface area contributed by atoms with Crippen molar-refractivity contribution in [3.8, 4) is 5.75 Å². The second-order valence-electron chi connectivity index (χ2n) is 4.62. The van der Waals surface area contributed by atoms with E-state index in [-0.39, 0.29) is 5.91 Å². The molecule has 0 aliphatic carbocycles. The smallest absolute Gasteiger partial charge is 0.236 e. The maximum Gasteiger partial charge on any atom is 0.236 e. The number of hydrogen-bond acceptors (Lipinski definition) is 3. The molecule has 0 bridgehead atoms. The van der Waals surface area contributed by atoms with Gasteiger partial charge in [0.05, 0.1) is 6.21 Å². The summed E-state index contributed by atoms with van der Waals surface area (Å²) in [6, 6.07) is 17.6. The number of carbonyl (C=O) groups is 1. The molecule has 0 unspecified atom stereocenters. The quantitative estimate of drug-likeness (QED) is 0.657. The Morgan fingerprint density at radius 2 is 1.91 bits per heavy atom. The third-order valence-electron chi connectivity index (χ3n) is 2.75. The number of carbonyl (C=O) groups excluding carboxylic acids is 1. The van der Waals surface area contributed by atoms with Crippen LogP contribution in [-0.2, 0) is 4.79 Å². The highest BCUT2D eigenvalue weighted by molar-refractivity contribution is 5.82. The molecule has 22 heavy (non-hydrogen) atoms. The summed E-state index contributed by atoms with van der Waals surface area (Å²) >= 11 is 0. The first-order valence-electron chi connectivity index (χ1n) is 6.98. The van der Waals surface area contributed by atoms with E-state index in [1.807, 2.05) is 66.7 Å². The average molecular weight is 294 g/mol. The molecule has 1 amide bonds. The summed E-state index contributed by atoms with van der Waals surface area (Å²) in [6.07, 6.45) is 5.56. The van der Waals surface area contributed by atoms with E-state index < -0.39 is 0 Å². The highest BCUT2D eigenvalue weighted by atomic mass is 16.5. The number of hydrazone groups is 1. The molecular formula is C18H18N2O2. The summed E-state index contributed by atoms with van der Waals surface area (Å²) in [5.74, 6) is 0.555. The largest absolute Gasteiger partial charge is 0.490 e. The van der Waals surface area contributed by atoms with Crippen LogP contribution in [0.3, 0.4) is 0 Å². The van der Waals surface area contributed by atoms with Crippen molar-refractivity contribution in [1.82, 2.24) is 5.43 Å². The van der Waals surface area contributed by atoms with Crippen LogP contribution in [0.15, 0.2) is 65.8 Å². The van der Waals surface area contributed by atoms with Crippen molar-refractivity contribution in [3.63, 3.8) is 0 Å². The number of rotatable bonds is 6. The fourth-order valence-corrected chi connectivity index (χ4v) is 1.78. The second-order valence-corrected chi connectivity index (χ2v) is 4.62.